The van der Waals surface area contributed by atoms with Crippen molar-refractivity contribution in [1.29, 1.82) is 0 Å². The van der Waals surface area contributed by atoms with E-state index in [0.29, 0.717) is 11.3 Å². The largest absolute Gasteiger partial charge is 0.331 e. The Morgan fingerprint density at radius 2 is 2.22 bits per heavy atom. The van der Waals surface area contributed by atoms with Crippen LogP contribution in [0.1, 0.15) is 12.8 Å². The van der Waals surface area contributed by atoms with Gasteiger partial charge in [0.1, 0.15) is 4.70 Å². The summed E-state index contributed by atoms with van der Waals surface area (Å²) in [7, 11) is 4.10. The number of fused-ring (bicyclic) bond motifs is 1. The molecule has 0 saturated heterocycles. The van der Waals surface area contributed by atoms with Gasteiger partial charge in [0.05, 0.1) is 5.52 Å². The smallest absolute Gasteiger partial charge is 0.272 e. The fourth-order valence-electron chi connectivity index (χ4n) is 1.87. The van der Waals surface area contributed by atoms with Gasteiger partial charge in [0.25, 0.3) is 5.56 Å². The van der Waals surface area contributed by atoms with Gasteiger partial charge >= 0.3 is 0 Å². The van der Waals surface area contributed by atoms with Crippen molar-refractivity contribution in [2.45, 2.75) is 19.4 Å². The maximum Gasteiger partial charge on any atom is 0.272 e. The lowest BCUT2D eigenvalue weighted by Crippen LogP contribution is -2.22. The average molecular weight is 283 g/mol. The summed E-state index contributed by atoms with van der Waals surface area (Å²) < 4.78 is 2.95. The molecule has 2 aromatic heterocycles. The first-order valence-corrected chi connectivity index (χ1v) is 7.23. The van der Waals surface area contributed by atoms with Gasteiger partial charge in [-0.25, -0.2) is 0 Å². The van der Waals surface area contributed by atoms with Crippen LogP contribution in [0, 0.1) is 4.77 Å². The Hall–Kier alpha value is -0.980. The predicted molar refractivity (Wildman–Crippen MR) is 79.1 cm³/mol. The third-order valence-electron chi connectivity index (χ3n) is 2.83. The lowest BCUT2D eigenvalue weighted by molar-refractivity contribution is 0.386. The number of thiophene rings is 1. The highest BCUT2D eigenvalue weighted by Crippen LogP contribution is 2.14. The van der Waals surface area contributed by atoms with Crippen LogP contribution in [0.15, 0.2) is 16.2 Å². The second-order valence-electron chi connectivity index (χ2n) is 4.56. The van der Waals surface area contributed by atoms with Gasteiger partial charge in [-0.2, -0.15) is 0 Å². The molecule has 2 aromatic rings. The van der Waals surface area contributed by atoms with Crippen molar-refractivity contribution in [3.63, 3.8) is 0 Å². The van der Waals surface area contributed by atoms with Crippen LogP contribution in [0.25, 0.3) is 10.2 Å². The van der Waals surface area contributed by atoms with Crippen molar-refractivity contribution in [2.75, 3.05) is 20.6 Å². The number of H-pyrrole nitrogens is 1. The molecule has 18 heavy (non-hydrogen) atoms. The molecule has 4 nitrogen and oxygen atoms in total. The summed E-state index contributed by atoms with van der Waals surface area (Å²) >= 11 is 6.70. The zero-order valence-corrected chi connectivity index (χ0v) is 12.2. The monoisotopic (exact) mass is 283 g/mol. The van der Waals surface area contributed by atoms with E-state index in [2.05, 4.69) is 24.0 Å². The number of hydrogen-bond acceptors (Lipinski definition) is 4. The molecular formula is C12H17N3OS2. The lowest BCUT2D eigenvalue weighted by atomic mass is 10.3. The molecule has 0 bridgehead atoms. The van der Waals surface area contributed by atoms with E-state index in [1.54, 1.807) is 4.57 Å². The third kappa shape index (κ3) is 2.88. The summed E-state index contributed by atoms with van der Waals surface area (Å²) in [6.45, 7) is 1.72. The van der Waals surface area contributed by atoms with Crippen LogP contribution in [0.3, 0.4) is 0 Å². The molecule has 0 aliphatic carbocycles. The molecule has 2 heterocycles. The number of rotatable bonds is 5. The van der Waals surface area contributed by atoms with Gasteiger partial charge in [-0.1, -0.05) is 0 Å². The molecule has 0 unspecified atom stereocenters. The average Bonchev–Trinajstić information content (AvgIpc) is 2.75. The Labute approximate surface area is 115 Å². The zero-order chi connectivity index (χ0) is 13.1. The van der Waals surface area contributed by atoms with E-state index in [1.807, 2.05) is 11.4 Å². The van der Waals surface area contributed by atoms with Crippen LogP contribution in [0.5, 0.6) is 0 Å². The van der Waals surface area contributed by atoms with E-state index in [0.717, 1.165) is 29.6 Å². The summed E-state index contributed by atoms with van der Waals surface area (Å²) in [6, 6.07) is 1.90. The molecule has 6 heteroatoms. The van der Waals surface area contributed by atoms with Crippen molar-refractivity contribution >= 4 is 33.8 Å². The molecule has 98 valence electrons. The quantitative estimate of drug-likeness (QED) is 0.677. The number of nitrogens with zero attached hydrogens (tertiary/aromatic N) is 2. The molecule has 0 amide bonds. The molecule has 0 fully saturated rings. The first kappa shape index (κ1) is 13.5. The van der Waals surface area contributed by atoms with Crippen molar-refractivity contribution in [3.05, 3.63) is 26.6 Å². The third-order valence-corrected chi connectivity index (χ3v) is 4.05. The summed E-state index contributed by atoms with van der Waals surface area (Å²) in [4.78, 5) is 17.5. The highest BCUT2D eigenvalue weighted by molar-refractivity contribution is 7.71. The number of nitrogens with one attached hydrogen (secondary N) is 1. The van der Waals surface area contributed by atoms with Crippen LogP contribution < -0.4 is 5.56 Å². The van der Waals surface area contributed by atoms with Crippen molar-refractivity contribution < 1.29 is 0 Å². The van der Waals surface area contributed by atoms with Gasteiger partial charge < -0.3 is 9.88 Å². The summed E-state index contributed by atoms with van der Waals surface area (Å²) in [5, 5.41) is 1.91. The second kappa shape index (κ2) is 5.77. The van der Waals surface area contributed by atoms with E-state index in [-0.39, 0.29) is 5.56 Å². The highest BCUT2D eigenvalue weighted by atomic mass is 32.1. The molecular weight excluding hydrogens is 266 g/mol. The van der Waals surface area contributed by atoms with Crippen LogP contribution in [0.4, 0.5) is 0 Å². The fraction of sp³-hybridized carbons (Fsp3) is 0.500. The maximum atomic E-state index is 12.2. The molecule has 0 radical (unpaired) electrons. The minimum atomic E-state index is 0.0357. The van der Waals surface area contributed by atoms with Gasteiger partial charge in [0, 0.05) is 6.54 Å². The Balaban J connectivity index is 2.17. The number of aromatic nitrogens is 2. The summed E-state index contributed by atoms with van der Waals surface area (Å²) in [5.41, 5.74) is 0.883. The zero-order valence-electron chi connectivity index (χ0n) is 10.6. The summed E-state index contributed by atoms with van der Waals surface area (Å²) in [6.07, 6.45) is 2.03. The molecule has 0 aromatic carbocycles. The number of hydrogen-bond donors (Lipinski definition) is 1. The molecule has 0 atom stereocenters. The first-order chi connectivity index (χ1) is 8.59. The number of unbranched alkanes of at least 4 members (excludes halogenated alkanes) is 1. The van der Waals surface area contributed by atoms with Crippen LogP contribution in [0.2, 0.25) is 0 Å². The minimum absolute atomic E-state index is 0.0357. The molecule has 0 spiro atoms. The Bertz CT molecular complexity index is 639. The molecule has 0 aliphatic rings. The summed E-state index contributed by atoms with van der Waals surface area (Å²) in [5.74, 6) is 0. The minimum Gasteiger partial charge on any atom is -0.331 e. The van der Waals surface area contributed by atoms with Crippen molar-refractivity contribution in [2.24, 2.45) is 0 Å². The normalized spacial score (nSPS) is 11.5. The lowest BCUT2D eigenvalue weighted by Gasteiger charge is -2.10. The van der Waals surface area contributed by atoms with Gasteiger partial charge in [0.15, 0.2) is 4.77 Å². The maximum absolute atomic E-state index is 12.2. The van der Waals surface area contributed by atoms with E-state index in [4.69, 9.17) is 12.2 Å². The van der Waals surface area contributed by atoms with Gasteiger partial charge in [-0.05, 0) is 57.1 Å². The predicted octanol–water partition coefficient (Wildman–Crippen LogP) is 2.46. The van der Waals surface area contributed by atoms with E-state index in [1.165, 1.54) is 11.3 Å². The van der Waals surface area contributed by atoms with Gasteiger partial charge in [0.2, 0.25) is 0 Å². The highest BCUT2D eigenvalue weighted by Gasteiger charge is 2.06. The van der Waals surface area contributed by atoms with Crippen LogP contribution >= 0.6 is 23.6 Å². The Morgan fingerprint density at radius 3 is 2.94 bits per heavy atom. The van der Waals surface area contributed by atoms with Gasteiger partial charge in [-0.15, -0.1) is 11.3 Å². The fourth-order valence-corrected chi connectivity index (χ4v) is 2.95. The van der Waals surface area contributed by atoms with Crippen molar-refractivity contribution in [3.8, 4) is 0 Å². The van der Waals surface area contributed by atoms with E-state index in [9.17, 15) is 4.79 Å². The molecule has 2 rings (SSSR count). The van der Waals surface area contributed by atoms with Crippen LogP contribution in [-0.2, 0) is 6.54 Å². The SMILES string of the molecule is CN(C)CCCCn1c(=S)[nH]c2ccsc2c1=O. The van der Waals surface area contributed by atoms with E-state index < -0.39 is 0 Å². The first-order valence-electron chi connectivity index (χ1n) is 5.94. The van der Waals surface area contributed by atoms with Gasteiger partial charge in [-0.3, -0.25) is 9.36 Å². The van der Waals surface area contributed by atoms with Crippen LogP contribution in [-0.4, -0.2) is 35.1 Å². The standard InChI is InChI=1S/C12H17N3OS2/c1-14(2)6-3-4-7-15-11(16)10-9(5-8-18-10)13-12(15)17/h5,8H,3-4,6-7H2,1-2H3,(H,13,17). The topological polar surface area (TPSA) is 41.0 Å². The van der Waals surface area contributed by atoms with Crippen molar-refractivity contribution in [1.82, 2.24) is 14.5 Å². The molecule has 1 N–H and O–H groups in total. The Kier molecular flexibility index (Phi) is 4.31. The Morgan fingerprint density at radius 1 is 1.44 bits per heavy atom. The number of aromatic amines is 1. The van der Waals surface area contributed by atoms with E-state index >= 15 is 0 Å². The molecule has 0 aliphatic heterocycles. The molecule has 0 saturated carbocycles. The second-order valence-corrected chi connectivity index (χ2v) is 5.86.